The van der Waals surface area contributed by atoms with Crippen LogP contribution >= 0.6 is 0 Å². The maximum absolute atomic E-state index is 12.7. The van der Waals surface area contributed by atoms with Crippen LogP contribution in [0.25, 0.3) is 0 Å². The number of rotatable bonds is 1. The minimum Gasteiger partial charge on any atom is -0.370 e. The Labute approximate surface area is 86.0 Å². The summed E-state index contributed by atoms with van der Waals surface area (Å²) in [5.74, 6) is -0.367. The Bertz CT molecular complexity index is 413. The summed E-state index contributed by atoms with van der Waals surface area (Å²) in [4.78, 5) is 15.3. The Morgan fingerprint density at radius 2 is 2.07 bits per heavy atom. The Hall–Kier alpha value is -1.91. The van der Waals surface area contributed by atoms with Crippen LogP contribution in [-0.4, -0.2) is 11.9 Å². The fraction of sp³-hybridized carbons (Fsp3) is 0.200. The molecule has 1 aromatic rings. The molecule has 1 amide bonds. The van der Waals surface area contributed by atoms with Gasteiger partial charge in [-0.1, -0.05) is 12.1 Å². The zero-order chi connectivity index (χ0) is 10.8. The van der Waals surface area contributed by atoms with E-state index in [1.807, 2.05) is 0 Å². The molecule has 0 aliphatic carbocycles. The third kappa shape index (κ3) is 2.12. The van der Waals surface area contributed by atoms with E-state index in [4.69, 9.17) is 5.73 Å². The number of carbonyl (C=O) groups excluding carboxylic acids is 1. The van der Waals surface area contributed by atoms with Crippen molar-refractivity contribution in [3.05, 3.63) is 35.6 Å². The first-order chi connectivity index (χ1) is 7.15. The van der Waals surface area contributed by atoms with Crippen molar-refractivity contribution in [2.45, 2.75) is 12.5 Å². The monoisotopic (exact) mass is 207 g/mol. The summed E-state index contributed by atoms with van der Waals surface area (Å²) in [5.41, 5.74) is 6.21. The average Bonchev–Trinajstić information content (AvgIpc) is 2.17. The summed E-state index contributed by atoms with van der Waals surface area (Å²) >= 11 is 0. The highest BCUT2D eigenvalue weighted by Gasteiger charge is 2.20. The fourth-order valence-corrected chi connectivity index (χ4v) is 1.49. The van der Waals surface area contributed by atoms with Crippen LogP contribution in [0.4, 0.5) is 4.39 Å². The SMILES string of the molecule is NC1=NC(c2ccc(F)cc2)CC(=O)N1. The molecular formula is C10H10FN3O. The molecular weight excluding hydrogens is 197 g/mol. The lowest BCUT2D eigenvalue weighted by molar-refractivity contribution is -0.120. The zero-order valence-corrected chi connectivity index (χ0v) is 7.90. The molecule has 1 unspecified atom stereocenters. The van der Waals surface area contributed by atoms with E-state index in [0.29, 0.717) is 0 Å². The first-order valence-electron chi connectivity index (χ1n) is 4.54. The Morgan fingerprint density at radius 1 is 1.40 bits per heavy atom. The van der Waals surface area contributed by atoms with Crippen LogP contribution < -0.4 is 11.1 Å². The lowest BCUT2D eigenvalue weighted by Gasteiger charge is -2.18. The predicted octanol–water partition coefficient (Wildman–Crippen LogP) is 0.701. The topological polar surface area (TPSA) is 67.5 Å². The van der Waals surface area contributed by atoms with Gasteiger partial charge in [-0.2, -0.15) is 0 Å². The van der Waals surface area contributed by atoms with Gasteiger partial charge in [-0.3, -0.25) is 10.1 Å². The molecule has 5 heteroatoms. The Kier molecular flexibility index (Phi) is 2.37. The molecule has 0 saturated carbocycles. The van der Waals surface area contributed by atoms with Gasteiger partial charge in [-0.25, -0.2) is 9.38 Å². The summed E-state index contributed by atoms with van der Waals surface area (Å²) in [6, 6.07) is 5.59. The van der Waals surface area contributed by atoms with E-state index in [0.717, 1.165) is 5.56 Å². The van der Waals surface area contributed by atoms with Gasteiger partial charge < -0.3 is 5.73 Å². The molecule has 1 atom stereocenters. The maximum atomic E-state index is 12.7. The van der Waals surface area contributed by atoms with Crippen molar-refractivity contribution in [2.24, 2.45) is 10.7 Å². The number of hydrogen-bond donors (Lipinski definition) is 2. The molecule has 0 saturated heterocycles. The lowest BCUT2D eigenvalue weighted by Crippen LogP contribution is -2.41. The van der Waals surface area contributed by atoms with Crippen molar-refractivity contribution >= 4 is 11.9 Å². The molecule has 0 bridgehead atoms. The second-order valence-electron chi connectivity index (χ2n) is 3.33. The van der Waals surface area contributed by atoms with E-state index in [9.17, 15) is 9.18 Å². The van der Waals surface area contributed by atoms with Crippen molar-refractivity contribution in [1.29, 1.82) is 0 Å². The lowest BCUT2D eigenvalue weighted by atomic mass is 10.0. The van der Waals surface area contributed by atoms with Gasteiger partial charge in [0.2, 0.25) is 5.91 Å². The molecule has 0 aromatic heterocycles. The first-order valence-corrected chi connectivity index (χ1v) is 4.54. The van der Waals surface area contributed by atoms with Crippen LogP contribution in [0.3, 0.4) is 0 Å². The van der Waals surface area contributed by atoms with E-state index in [-0.39, 0.29) is 30.1 Å². The second-order valence-corrected chi connectivity index (χ2v) is 3.33. The second kappa shape index (κ2) is 3.68. The van der Waals surface area contributed by atoms with E-state index in [2.05, 4.69) is 10.3 Å². The fourth-order valence-electron chi connectivity index (χ4n) is 1.49. The van der Waals surface area contributed by atoms with Crippen LogP contribution in [0, 0.1) is 5.82 Å². The zero-order valence-electron chi connectivity index (χ0n) is 7.90. The molecule has 0 spiro atoms. The molecule has 15 heavy (non-hydrogen) atoms. The van der Waals surface area contributed by atoms with Crippen molar-refractivity contribution in [3.8, 4) is 0 Å². The number of nitrogens with one attached hydrogen (secondary N) is 1. The number of nitrogens with zero attached hydrogens (tertiary/aromatic N) is 1. The number of carbonyl (C=O) groups is 1. The predicted molar refractivity (Wildman–Crippen MR) is 53.5 cm³/mol. The van der Waals surface area contributed by atoms with Gasteiger partial charge in [0.05, 0.1) is 12.5 Å². The molecule has 1 aliphatic heterocycles. The molecule has 78 valence electrons. The largest absolute Gasteiger partial charge is 0.370 e. The number of nitrogens with two attached hydrogens (primary N) is 1. The molecule has 3 N–H and O–H groups in total. The van der Waals surface area contributed by atoms with E-state index in [1.165, 1.54) is 12.1 Å². The van der Waals surface area contributed by atoms with E-state index < -0.39 is 0 Å². The van der Waals surface area contributed by atoms with Crippen molar-refractivity contribution in [3.63, 3.8) is 0 Å². The summed E-state index contributed by atoms with van der Waals surface area (Å²) in [7, 11) is 0. The van der Waals surface area contributed by atoms with Gasteiger partial charge in [0.1, 0.15) is 5.82 Å². The molecule has 0 fully saturated rings. The number of guanidine groups is 1. The molecule has 1 aromatic carbocycles. The van der Waals surface area contributed by atoms with Gasteiger partial charge >= 0.3 is 0 Å². The Balaban J connectivity index is 2.27. The molecule has 0 radical (unpaired) electrons. The number of hydrogen-bond acceptors (Lipinski definition) is 3. The van der Waals surface area contributed by atoms with Crippen LogP contribution in [-0.2, 0) is 4.79 Å². The van der Waals surface area contributed by atoms with Gasteiger partial charge in [0, 0.05) is 0 Å². The summed E-state index contributed by atoms with van der Waals surface area (Å²) in [6.45, 7) is 0. The quantitative estimate of drug-likeness (QED) is 0.711. The van der Waals surface area contributed by atoms with Crippen LogP contribution in [0.2, 0.25) is 0 Å². The van der Waals surface area contributed by atoms with Crippen LogP contribution in [0.5, 0.6) is 0 Å². The highest BCUT2D eigenvalue weighted by Crippen LogP contribution is 2.23. The molecule has 2 rings (SSSR count). The van der Waals surface area contributed by atoms with Gasteiger partial charge in [-0.15, -0.1) is 0 Å². The molecule has 1 heterocycles. The number of halogens is 1. The molecule has 1 aliphatic rings. The van der Waals surface area contributed by atoms with Crippen molar-refractivity contribution < 1.29 is 9.18 Å². The van der Waals surface area contributed by atoms with Crippen LogP contribution in [0.15, 0.2) is 29.3 Å². The van der Waals surface area contributed by atoms with Crippen molar-refractivity contribution in [2.75, 3.05) is 0 Å². The number of benzene rings is 1. The summed E-state index contributed by atoms with van der Waals surface area (Å²) in [5, 5.41) is 2.41. The first kappa shape index (κ1) is 9.64. The minimum atomic E-state index is -0.309. The Morgan fingerprint density at radius 3 is 2.67 bits per heavy atom. The van der Waals surface area contributed by atoms with Crippen LogP contribution in [0.1, 0.15) is 18.0 Å². The summed E-state index contributed by atoms with van der Waals surface area (Å²) in [6.07, 6.45) is 0.242. The van der Waals surface area contributed by atoms with E-state index in [1.54, 1.807) is 12.1 Å². The minimum absolute atomic E-state index is 0.112. The van der Waals surface area contributed by atoms with Gasteiger partial charge in [-0.05, 0) is 17.7 Å². The summed E-state index contributed by atoms with van der Waals surface area (Å²) < 4.78 is 12.7. The standard InChI is InChI=1S/C10H10FN3O/c11-7-3-1-6(2-4-7)8-5-9(15)14-10(12)13-8/h1-4,8H,5H2,(H3,12,13,14,15). The smallest absolute Gasteiger partial charge is 0.229 e. The van der Waals surface area contributed by atoms with Crippen molar-refractivity contribution in [1.82, 2.24) is 5.32 Å². The third-order valence-electron chi connectivity index (χ3n) is 2.20. The number of aliphatic imine (C=N–C) groups is 1. The highest BCUT2D eigenvalue weighted by atomic mass is 19.1. The van der Waals surface area contributed by atoms with E-state index >= 15 is 0 Å². The average molecular weight is 207 g/mol. The highest BCUT2D eigenvalue weighted by molar-refractivity contribution is 5.98. The van der Waals surface area contributed by atoms with Gasteiger partial charge in [0.25, 0.3) is 0 Å². The third-order valence-corrected chi connectivity index (χ3v) is 2.20. The maximum Gasteiger partial charge on any atom is 0.229 e. The number of amides is 1. The molecule has 4 nitrogen and oxygen atoms in total. The normalized spacial score (nSPS) is 20.7. The van der Waals surface area contributed by atoms with Gasteiger partial charge in [0.15, 0.2) is 5.96 Å².